The molecule has 0 unspecified atom stereocenters. The first-order chi connectivity index (χ1) is 32.2. The first kappa shape index (κ1) is 36.1. The summed E-state index contributed by atoms with van der Waals surface area (Å²) in [5.74, 6) is 1.89. The third kappa shape index (κ3) is 5.48. The van der Waals surface area contributed by atoms with Gasteiger partial charge in [-0.25, -0.2) is 15.0 Å². The molecule has 0 atom stereocenters. The van der Waals surface area contributed by atoms with E-state index in [0.29, 0.717) is 17.5 Å². The molecule has 0 saturated heterocycles. The lowest BCUT2D eigenvalue weighted by atomic mass is 10.00. The zero-order valence-electron chi connectivity index (χ0n) is 34.9. The fourth-order valence-electron chi connectivity index (χ4n) is 10.2. The average molecular weight is 846 g/mol. The van der Waals surface area contributed by atoms with Crippen LogP contribution in [0.1, 0.15) is 0 Å². The predicted octanol–water partition coefficient (Wildman–Crippen LogP) is 15.7. The largest absolute Gasteiger partial charge is 0.309 e. The van der Waals surface area contributed by atoms with Gasteiger partial charge < -0.3 is 9.13 Å². The van der Waals surface area contributed by atoms with Gasteiger partial charge in [-0.3, -0.25) is 0 Å². The second-order valence-corrected chi connectivity index (χ2v) is 17.8. The van der Waals surface area contributed by atoms with Crippen LogP contribution in [0.25, 0.3) is 131 Å². The Kier molecular flexibility index (Phi) is 7.79. The molecule has 6 heteroatoms. The van der Waals surface area contributed by atoms with Crippen molar-refractivity contribution in [2.24, 2.45) is 0 Å². The second kappa shape index (κ2) is 14.0. The van der Waals surface area contributed by atoms with Crippen molar-refractivity contribution < 1.29 is 0 Å². The summed E-state index contributed by atoms with van der Waals surface area (Å²) in [5.41, 5.74) is 9.61. The SMILES string of the molecule is c1ccc(-c2nc(-c3ccc4c(c3)c3ccccc3n4-c3ccccc3)nc(-c3cc(-n4c5ccc6ccccc6c5c5c6ccccc6ccc54)cc4c3sc3ccccc34)n2)cc1. The van der Waals surface area contributed by atoms with E-state index in [-0.39, 0.29) is 0 Å². The number of aromatic nitrogens is 5. The number of benzene rings is 10. The van der Waals surface area contributed by atoms with E-state index in [1.165, 1.54) is 53.2 Å². The quantitative estimate of drug-likeness (QED) is 0.173. The number of hydrogen-bond acceptors (Lipinski definition) is 4. The van der Waals surface area contributed by atoms with E-state index in [9.17, 15) is 0 Å². The maximum Gasteiger partial charge on any atom is 0.165 e. The molecule has 0 N–H and O–H groups in total. The minimum Gasteiger partial charge on any atom is -0.309 e. The van der Waals surface area contributed by atoms with Gasteiger partial charge in [0.1, 0.15) is 0 Å². The molecule has 14 aromatic rings. The van der Waals surface area contributed by atoms with E-state index < -0.39 is 0 Å². The molecule has 0 aliphatic heterocycles. The molecular weight excluding hydrogens is 811 g/mol. The molecule has 65 heavy (non-hydrogen) atoms. The predicted molar refractivity (Wildman–Crippen MR) is 273 cm³/mol. The monoisotopic (exact) mass is 845 g/mol. The number of fused-ring (bicyclic) bond motifs is 13. The minimum atomic E-state index is 0.627. The van der Waals surface area contributed by atoms with Gasteiger partial charge in [-0.2, -0.15) is 0 Å². The van der Waals surface area contributed by atoms with Crippen molar-refractivity contribution in [2.75, 3.05) is 0 Å². The lowest BCUT2D eigenvalue weighted by Crippen LogP contribution is -2.01. The molecule has 4 aromatic heterocycles. The van der Waals surface area contributed by atoms with Gasteiger partial charge in [0.15, 0.2) is 17.5 Å². The van der Waals surface area contributed by atoms with E-state index in [1.807, 2.05) is 18.2 Å². The summed E-state index contributed by atoms with van der Waals surface area (Å²) in [4.78, 5) is 16.1. The lowest BCUT2D eigenvalue weighted by molar-refractivity contribution is 1.07. The standard InChI is InChI=1S/C59H35N5S/c1-3-17-38(18-4-1)57-60-58(39-29-30-50-46(33-39)44-23-11-13-25-49(44)63(50)40-19-5-2-6-20-40)62-59(61-57)48-35-41(34-47-45-24-12-14-26-53(45)65-56(47)48)64-51-31-27-36-15-7-9-21-42(36)54(51)55-43-22-10-8-16-37(43)28-32-52(55)64/h1-35H. The van der Waals surface area contributed by atoms with Gasteiger partial charge in [-0.1, -0.05) is 146 Å². The highest BCUT2D eigenvalue weighted by molar-refractivity contribution is 7.26. The fourth-order valence-corrected chi connectivity index (χ4v) is 11.4. The van der Waals surface area contributed by atoms with Crippen LogP contribution in [0.2, 0.25) is 0 Å². The number of rotatable bonds is 5. The Morgan fingerprint density at radius 3 is 1.58 bits per heavy atom. The van der Waals surface area contributed by atoms with Gasteiger partial charge in [-0.05, 0) is 88.3 Å². The smallest absolute Gasteiger partial charge is 0.165 e. The van der Waals surface area contributed by atoms with Crippen molar-refractivity contribution in [3.63, 3.8) is 0 Å². The molecule has 10 aromatic carbocycles. The van der Waals surface area contributed by atoms with E-state index in [2.05, 4.69) is 203 Å². The van der Waals surface area contributed by atoms with Crippen LogP contribution >= 0.6 is 11.3 Å². The van der Waals surface area contributed by atoms with E-state index in [4.69, 9.17) is 15.0 Å². The molecular formula is C59H35N5S. The van der Waals surface area contributed by atoms with Gasteiger partial charge in [0.25, 0.3) is 0 Å². The molecule has 0 radical (unpaired) electrons. The Labute approximate surface area is 376 Å². The van der Waals surface area contributed by atoms with Gasteiger partial charge in [0, 0.05) is 69.8 Å². The lowest BCUT2D eigenvalue weighted by Gasteiger charge is -2.13. The molecule has 5 nitrogen and oxygen atoms in total. The maximum absolute atomic E-state index is 5.47. The average Bonchev–Trinajstić information content (AvgIpc) is 4.04. The third-order valence-corrected chi connectivity index (χ3v) is 14.3. The number of hydrogen-bond donors (Lipinski definition) is 0. The van der Waals surface area contributed by atoms with Crippen molar-refractivity contribution in [2.45, 2.75) is 0 Å². The number of thiophene rings is 1. The molecule has 0 bridgehead atoms. The van der Waals surface area contributed by atoms with Crippen LogP contribution in [0.4, 0.5) is 0 Å². The summed E-state index contributed by atoms with van der Waals surface area (Å²) >= 11 is 1.79. The molecule has 0 aliphatic carbocycles. The van der Waals surface area contributed by atoms with Crippen LogP contribution in [-0.2, 0) is 0 Å². The zero-order chi connectivity index (χ0) is 42.6. The summed E-state index contributed by atoms with van der Waals surface area (Å²) < 4.78 is 7.16. The topological polar surface area (TPSA) is 48.5 Å². The number of para-hydroxylation sites is 2. The Morgan fingerprint density at radius 2 is 0.862 bits per heavy atom. The molecule has 14 rings (SSSR count). The van der Waals surface area contributed by atoms with Crippen molar-refractivity contribution >= 4 is 96.7 Å². The first-order valence-corrected chi connectivity index (χ1v) is 22.8. The van der Waals surface area contributed by atoms with Crippen molar-refractivity contribution in [1.29, 1.82) is 0 Å². The van der Waals surface area contributed by atoms with Crippen LogP contribution in [-0.4, -0.2) is 24.1 Å². The Morgan fingerprint density at radius 1 is 0.323 bits per heavy atom. The first-order valence-electron chi connectivity index (χ1n) is 21.9. The zero-order valence-corrected chi connectivity index (χ0v) is 35.7. The fraction of sp³-hybridized carbons (Fsp3) is 0. The summed E-state index contributed by atoms with van der Waals surface area (Å²) in [6.07, 6.45) is 0. The third-order valence-electron chi connectivity index (χ3n) is 13.1. The molecule has 0 amide bonds. The van der Waals surface area contributed by atoms with Crippen LogP contribution in [0.15, 0.2) is 212 Å². The van der Waals surface area contributed by atoms with Gasteiger partial charge in [-0.15, -0.1) is 11.3 Å². The van der Waals surface area contributed by atoms with E-state index >= 15 is 0 Å². The molecule has 0 saturated carbocycles. The van der Waals surface area contributed by atoms with E-state index in [1.54, 1.807) is 11.3 Å². The Hall–Kier alpha value is -8.45. The molecule has 0 spiro atoms. The summed E-state index contributed by atoms with van der Waals surface area (Å²) in [7, 11) is 0. The van der Waals surface area contributed by atoms with Crippen molar-refractivity contribution in [3.05, 3.63) is 212 Å². The van der Waals surface area contributed by atoms with Crippen LogP contribution in [0.3, 0.4) is 0 Å². The Bertz CT molecular complexity index is 4150. The molecule has 0 fully saturated rings. The minimum absolute atomic E-state index is 0.627. The highest BCUT2D eigenvalue weighted by Crippen LogP contribution is 2.45. The second-order valence-electron chi connectivity index (χ2n) is 16.8. The van der Waals surface area contributed by atoms with Crippen LogP contribution in [0, 0.1) is 0 Å². The summed E-state index contributed by atoms with van der Waals surface area (Å²) in [5, 5.41) is 12.1. The van der Waals surface area contributed by atoms with Crippen LogP contribution < -0.4 is 0 Å². The highest BCUT2D eigenvalue weighted by Gasteiger charge is 2.23. The van der Waals surface area contributed by atoms with Crippen LogP contribution in [0.5, 0.6) is 0 Å². The normalized spacial score (nSPS) is 12.0. The van der Waals surface area contributed by atoms with Gasteiger partial charge in [0.05, 0.1) is 22.1 Å². The molecule has 4 heterocycles. The maximum atomic E-state index is 5.47. The Balaban J connectivity index is 1.06. The highest BCUT2D eigenvalue weighted by atomic mass is 32.1. The van der Waals surface area contributed by atoms with Gasteiger partial charge in [0.2, 0.25) is 0 Å². The molecule has 0 aliphatic rings. The van der Waals surface area contributed by atoms with Crippen molar-refractivity contribution in [1.82, 2.24) is 24.1 Å². The van der Waals surface area contributed by atoms with Gasteiger partial charge >= 0.3 is 0 Å². The molecule has 302 valence electrons. The number of nitrogens with zero attached hydrogens (tertiary/aromatic N) is 5. The summed E-state index contributed by atoms with van der Waals surface area (Å²) in [6.45, 7) is 0. The van der Waals surface area contributed by atoms with E-state index in [0.717, 1.165) is 60.2 Å². The van der Waals surface area contributed by atoms with Crippen molar-refractivity contribution in [3.8, 4) is 45.5 Å². The summed E-state index contributed by atoms with van der Waals surface area (Å²) in [6, 6.07) is 76.1.